The largest absolute Gasteiger partial charge is 0.309 e. The molecule has 0 aliphatic heterocycles. The average molecular weight is 684 g/mol. The molecule has 3 heterocycles. The minimum Gasteiger partial charge on any atom is -0.309 e. The van der Waals surface area contributed by atoms with Crippen LogP contribution < -0.4 is 0 Å². The Kier molecular flexibility index (Phi) is 7.25. The van der Waals surface area contributed by atoms with E-state index in [2.05, 4.69) is 120 Å². The lowest BCUT2D eigenvalue weighted by Gasteiger charge is -2.16. The third kappa shape index (κ3) is 5.16. The zero-order valence-corrected chi connectivity index (χ0v) is 28.7. The number of nitrogens with zero attached hydrogens (tertiary/aromatic N) is 5. The van der Waals surface area contributed by atoms with Crippen molar-refractivity contribution >= 4 is 43.4 Å². The lowest BCUT2D eigenvalue weighted by Crippen LogP contribution is -2.02. The number of aromatic nitrogens is 5. The van der Waals surface area contributed by atoms with Crippen LogP contribution in [0.3, 0.4) is 0 Å². The summed E-state index contributed by atoms with van der Waals surface area (Å²) in [6.45, 7) is 0. The van der Waals surface area contributed by atoms with Crippen LogP contribution in [-0.2, 0) is 0 Å². The minimum absolute atomic E-state index is 0.615. The molecule has 0 aliphatic carbocycles. The molecule has 244 valence electrons. The molecule has 0 fully saturated rings. The first kappa shape index (κ1) is 30.1. The van der Waals surface area contributed by atoms with E-state index < -0.39 is 0 Å². The zero-order chi connectivity index (χ0) is 34.4. The quantitative estimate of drug-likeness (QED) is 0.175. The van der Waals surface area contributed by atoms with Crippen molar-refractivity contribution < 1.29 is 0 Å². The molecular weight excluding hydrogens is 655 g/mol. The Labute approximate surface area is 304 Å². The number of hydrogen-bond acceptors (Lipinski definition) is 5. The van der Waals surface area contributed by atoms with E-state index in [9.17, 15) is 0 Å². The van der Waals surface area contributed by atoms with E-state index >= 15 is 0 Å². The van der Waals surface area contributed by atoms with Crippen LogP contribution >= 0.6 is 11.3 Å². The van der Waals surface area contributed by atoms with Crippen LogP contribution in [0.15, 0.2) is 176 Å². The second-order valence-electron chi connectivity index (χ2n) is 12.7. The molecule has 6 heteroatoms. The van der Waals surface area contributed by atoms with E-state index in [-0.39, 0.29) is 0 Å². The van der Waals surface area contributed by atoms with Gasteiger partial charge in [-0.2, -0.15) is 0 Å². The van der Waals surface area contributed by atoms with Crippen molar-refractivity contribution in [3.8, 4) is 61.5 Å². The van der Waals surface area contributed by atoms with Crippen molar-refractivity contribution in [2.45, 2.75) is 0 Å². The Morgan fingerprint density at radius 1 is 0.404 bits per heavy atom. The van der Waals surface area contributed by atoms with Gasteiger partial charge in [0.1, 0.15) is 5.01 Å². The third-order valence-corrected chi connectivity index (χ3v) is 10.6. The van der Waals surface area contributed by atoms with Gasteiger partial charge < -0.3 is 4.57 Å². The van der Waals surface area contributed by atoms with E-state index in [1.807, 2.05) is 60.7 Å². The Hall–Kier alpha value is -6.76. The molecule has 0 saturated carbocycles. The van der Waals surface area contributed by atoms with Gasteiger partial charge in [0.2, 0.25) is 0 Å². The summed E-state index contributed by atoms with van der Waals surface area (Å²) in [6, 6.07) is 61.0. The van der Waals surface area contributed by atoms with Gasteiger partial charge in [-0.1, -0.05) is 146 Å². The molecule has 10 rings (SSSR count). The van der Waals surface area contributed by atoms with Crippen molar-refractivity contribution in [1.82, 2.24) is 24.5 Å². The molecule has 0 N–H and O–H groups in total. The summed E-state index contributed by atoms with van der Waals surface area (Å²) in [6.07, 6.45) is 0. The molecule has 3 aromatic heterocycles. The van der Waals surface area contributed by atoms with Crippen LogP contribution in [0.2, 0.25) is 0 Å². The van der Waals surface area contributed by atoms with E-state index in [0.29, 0.717) is 17.5 Å². The van der Waals surface area contributed by atoms with Gasteiger partial charge in [-0.25, -0.2) is 19.9 Å². The average Bonchev–Trinajstić information content (AvgIpc) is 3.81. The second kappa shape index (κ2) is 12.5. The molecule has 0 saturated heterocycles. The van der Waals surface area contributed by atoms with Crippen LogP contribution in [0, 0.1) is 0 Å². The van der Waals surface area contributed by atoms with Crippen molar-refractivity contribution in [3.63, 3.8) is 0 Å². The lowest BCUT2D eigenvalue weighted by molar-refractivity contribution is 1.07. The van der Waals surface area contributed by atoms with Gasteiger partial charge in [0.05, 0.1) is 26.9 Å². The van der Waals surface area contributed by atoms with Crippen molar-refractivity contribution in [3.05, 3.63) is 176 Å². The maximum Gasteiger partial charge on any atom is 0.164 e. The predicted octanol–water partition coefficient (Wildman–Crippen LogP) is 11.9. The summed E-state index contributed by atoms with van der Waals surface area (Å²) in [5.74, 6) is 1.88. The summed E-state index contributed by atoms with van der Waals surface area (Å²) in [7, 11) is 0. The second-order valence-corrected chi connectivity index (χ2v) is 13.7. The van der Waals surface area contributed by atoms with Crippen LogP contribution in [-0.4, -0.2) is 24.5 Å². The smallest absolute Gasteiger partial charge is 0.164 e. The summed E-state index contributed by atoms with van der Waals surface area (Å²) >= 11 is 1.73. The highest BCUT2D eigenvalue weighted by Gasteiger charge is 2.21. The van der Waals surface area contributed by atoms with E-state index in [4.69, 9.17) is 19.9 Å². The number of para-hydroxylation sites is 2. The number of benzene rings is 7. The molecule has 0 spiro atoms. The van der Waals surface area contributed by atoms with Crippen LogP contribution in [0.4, 0.5) is 0 Å². The molecule has 0 unspecified atom stereocenters. The van der Waals surface area contributed by atoms with Gasteiger partial charge in [-0.05, 0) is 35.9 Å². The fourth-order valence-corrected chi connectivity index (χ4v) is 8.10. The molecule has 52 heavy (non-hydrogen) atoms. The number of thiazole rings is 1. The Morgan fingerprint density at radius 3 is 1.67 bits per heavy atom. The highest BCUT2D eigenvalue weighted by Crippen LogP contribution is 2.43. The number of hydrogen-bond donors (Lipinski definition) is 0. The Morgan fingerprint density at radius 2 is 0.981 bits per heavy atom. The molecule has 0 radical (unpaired) electrons. The first-order valence-electron chi connectivity index (χ1n) is 17.2. The maximum atomic E-state index is 5.09. The SMILES string of the molecule is c1ccc(-c2nc(-c3ccccc3)nc(-c3ccc(-c4ccccc4)c(-n4c5ccccc5c5c(-c6nc7ccccc7s6)cccc54)c3)n2)cc1. The van der Waals surface area contributed by atoms with Gasteiger partial charge in [0.15, 0.2) is 17.5 Å². The van der Waals surface area contributed by atoms with E-state index in [1.165, 1.54) is 15.5 Å². The monoisotopic (exact) mass is 683 g/mol. The van der Waals surface area contributed by atoms with Crippen molar-refractivity contribution in [1.29, 1.82) is 0 Å². The normalized spacial score (nSPS) is 11.5. The first-order valence-corrected chi connectivity index (χ1v) is 18.1. The molecule has 7 aromatic carbocycles. The summed E-state index contributed by atoms with van der Waals surface area (Å²) < 4.78 is 3.57. The fourth-order valence-electron chi connectivity index (χ4n) is 7.10. The molecule has 10 aromatic rings. The lowest BCUT2D eigenvalue weighted by atomic mass is 10.0. The van der Waals surface area contributed by atoms with Crippen LogP contribution in [0.25, 0.3) is 93.6 Å². The van der Waals surface area contributed by atoms with E-state index in [0.717, 1.165) is 60.6 Å². The third-order valence-electron chi connectivity index (χ3n) is 9.50. The molecule has 0 atom stereocenters. The van der Waals surface area contributed by atoms with Gasteiger partial charge in [-0.15, -0.1) is 11.3 Å². The highest BCUT2D eigenvalue weighted by atomic mass is 32.1. The summed E-state index contributed by atoms with van der Waals surface area (Å²) in [4.78, 5) is 20.2. The summed E-state index contributed by atoms with van der Waals surface area (Å²) in [5.41, 5.74) is 10.4. The standard InChI is InChI=1S/C46H29N5S/c1-4-15-30(16-5-1)34-28-27-33(45-49-43(31-17-6-2-7-18-31)48-44(50-45)32-19-8-3-9-20-32)29-40(34)51-38-24-12-10-21-35(38)42-36(22-14-25-39(42)51)46-47-37-23-11-13-26-41(37)52-46/h1-29H. The number of fused-ring (bicyclic) bond motifs is 4. The first-order chi connectivity index (χ1) is 25.8. The van der Waals surface area contributed by atoms with Crippen LogP contribution in [0.1, 0.15) is 0 Å². The van der Waals surface area contributed by atoms with Crippen molar-refractivity contribution in [2.24, 2.45) is 0 Å². The molecule has 0 aliphatic rings. The van der Waals surface area contributed by atoms with Gasteiger partial charge in [0.25, 0.3) is 0 Å². The Balaban J connectivity index is 1.25. The topological polar surface area (TPSA) is 56.5 Å². The molecule has 5 nitrogen and oxygen atoms in total. The maximum absolute atomic E-state index is 5.09. The predicted molar refractivity (Wildman–Crippen MR) is 215 cm³/mol. The molecule has 0 bridgehead atoms. The number of rotatable bonds is 6. The van der Waals surface area contributed by atoms with Gasteiger partial charge >= 0.3 is 0 Å². The molecule has 0 amide bonds. The van der Waals surface area contributed by atoms with Gasteiger partial charge in [0, 0.05) is 38.6 Å². The Bertz CT molecular complexity index is 2810. The van der Waals surface area contributed by atoms with E-state index in [1.54, 1.807) is 11.3 Å². The molecular formula is C46H29N5S. The minimum atomic E-state index is 0.615. The fraction of sp³-hybridized carbons (Fsp3) is 0. The summed E-state index contributed by atoms with van der Waals surface area (Å²) in [5, 5.41) is 3.37. The zero-order valence-electron chi connectivity index (χ0n) is 27.9. The highest BCUT2D eigenvalue weighted by molar-refractivity contribution is 7.21. The van der Waals surface area contributed by atoms with Crippen LogP contribution in [0.5, 0.6) is 0 Å². The van der Waals surface area contributed by atoms with Crippen molar-refractivity contribution in [2.75, 3.05) is 0 Å². The van der Waals surface area contributed by atoms with Gasteiger partial charge in [-0.3, -0.25) is 0 Å².